The average Bonchev–Trinajstić information content (AvgIpc) is 0. The summed E-state index contributed by atoms with van der Waals surface area (Å²) in [7, 11) is 0. The molecule has 0 amide bonds. The van der Waals surface area contributed by atoms with Crippen molar-refractivity contribution in [2.75, 3.05) is 0 Å². The summed E-state index contributed by atoms with van der Waals surface area (Å²) in [5.74, 6) is 0. The van der Waals surface area contributed by atoms with Crippen molar-refractivity contribution in [3.8, 4) is 0 Å². The molecule has 0 atom stereocenters. The van der Waals surface area contributed by atoms with E-state index in [4.69, 9.17) is 0 Å². The van der Waals surface area contributed by atoms with Crippen LogP contribution < -0.4 is 0 Å². The first kappa shape index (κ1) is 109. The molecule has 11 heavy (non-hydrogen) atoms. The quantitative estimate of drug-likeness (QED) is 0.512. The van der Waals surface area contributed by atoms with Crippen LogP contribution in [0, 0.1) is 0 Å². The van der Waals surface area contributed by atoms with Gasteiger partial charge < -0.3 is 0 Å². The molecular formula is H11Cl6Na5. The van der Waals surface area contributed by atoms with Crippen LogP contribution in [0.5, 0.6) is 0 Å². The molecule has 0 aliphatic heterocycles. The maximum absolute atomic E-state index is 0. The minimum absolute atomic E-state index is 0. The van der Waals surface area contributed by atoms with Crippen LogP contribution in [0.15, 0.2) is 0 Å². The van der Waals surface area contributed by atoms with Crippen LogP contribution in [-0.2, 0) is 0 Å². The Bertz CT molecular complexity index is 10.9. The van der Waals surface area contributed by atoms with Gasteiger partial charge in [0.2, 0.25) is 0 Å². The molecule has 0 radical (unpaired) electrons. The summed E-state index contributed by atoms with van der Waals surface area (Å²) < 4.78 is 0. The number of rotatable bonds is 0. The van der Waals surface area contributed by atoms with Gasteiger partial charge in [0.15, 0.2) is 0 Å². The summed E-state index contributed by atoms with van der Waals surface area (Å²) in [6.45, 7) is 0. The molecule has 0 heterocycles. The van der Waals surface area contributed by atoms with E-state index in [-0.39, 0.29) is 222 Å². The van der Waals surface area contributed by atoms with Crippen molar-refractivity contribution < 1.29 is 0 Å². The molecule has 0 N–H and O–H groups in total. The Labute approximate surface area is 216 Å². The number of hydrogen-bond acceptors (Lipinski definition) is 0. The zero-order valence-corrected chi connectivity index (χ0v) is 7.35. The van der Waals surface area contributed by atoms with Gasteiger partial charge in [0.25, 0.3) is 0 Å². The summed E-state index contributed by atoms with van der Waals surface area (Å²) in [5, 5.41) is 0. The standard InChI is InChI=1S/6ClH.5Na.5H/h6*1H;;;;;;;;;;. The van der Waals surface area contributed by atoms with Crippen molar-refractivity contribution >= 4 is 222 Å². The van der Waals surface area contributed by atoms with Crippen molar-refractivity contribution in [2.45, 2.75) is 0 Å². The summed E-state index contributed by atoms with van der Waals surface area (Å²) >= 11 is 0. The number of hydrogen-bond donors (Lipinski definition) is 0. The van der Waals surface area contributed by atoms with Crippen LogP contribution in [0.4, 0.5) is 0 Å². The summed E-state index contributed by atoms with van der Waals surface area (Å²) in [6, 6.07) is 0. The fraction of sp³-hybridized carbons (Fsp3) is 0. The van der Waals surface area contributed by atoms with Gasteiger partial charge in [-0.2, -0.15) is 0 Å². The van der Waals surface area contributed by atoms with E-state index in [1.165, 1.54) is 0 Å². The SMILES string of the molecule is Cl.Cl.Cl.Cl.Cl.Cl.[NaH].[NaH].[NaH].[NaH].[NaH]. The molecule has 0 unspecified atom stereocenters. The van der Waals surface area contributed by atoms with E-state index < -0.39 is 0 Å². The molecule has 0 fully saturated rings. The zero-order valence-electron chi connectivity index (χ0n) is 2.45. The molecule has 0 aromatic rings. The van der Waals surface area contributed by atoms with Gasteiger partial charge in [-0.05, 0) is 0 Å². The topological polar surface area (TPSA) is 0 Å². The van der Waals surface area contributed by atoms with Crippen molar-refractivity contribution in [1.82, 2.24) is 0 Å². The molecule has 0 bridgehead atoms. The van der Waals surface area contributed by atoms with Gasteiger partial charge in [-0.3, -0.25) is 0 Å². The Balaban J connectivity index is 0. The van der Waals surface area contributed by atoms with Gasteiger partial charge in [0.05, 0.1) is 0 Å². The fourth-order valence-corrected chi connectivity index (χ4v) is 0. The molecule has 0 spiro atoms. The first-order valence-electron chi connectivity index (χ1n) is 0. The second kappa shape index (κ2) is 91.3. The predicted octanol–water partition coefficient (Wildman–Crippen LogP) is -0.712. The van der Waals surface area contributed by atoms with Crippen LogP contribution in [0.2, 0.25) is 0 Å². The van der Waals surface area contributed by atoms with E-state index >= 15 is 0 Å². The minimum atomic E-state index is 0. The Hall–Kier alpha value is 6.74. The molecular weight excluding hydrogens is 328 g/mol. The third-order valence-electron chi connectivity index (χ3n) is 0. The molecule has 11 heteroatoms. The second-order valence-corrected chi connectivity index (χ2v) is 0. The molecule has 0 rings (SSSR count). The third-order valence-corrected chi connectivity index (χ3v) is 0. The Morgan fingerprint density at radius 2 is 0.182 bits per heavy atom. The van der Waals surface area contributed by atoms with Crippen LogP contribution in [-0.4, -0.2) is 148 Å². The molecule has 0 saturated heterocycles. The van der Waals surface area contributed by atoms with Crippen LogP contribution in [0.25, 0.3) is 0 Å². The monoisotopic (exact) mass is 336 g/mol. The van der Waals surface area contributed by atoms with E-state index in [9.17, 15) is 0 Å². The van der Waals surface area contributed by atoms with Crippen molar-refractivity contribution in [3.05, 3.63) is 0 Å². The molecule has 0 aliphatic carbocycles. The number of halogens is 6. The Morgan fingerprint density at radius 1 is 0.182 bits per heavy atom. The summed E-state index contributed by atoms with van der Waals surface area (Å²) in [5.41, 5.74) is 0. The van der Waals surface area contributed by atoms with Gasteiger partial charge in [0, 0.05) is 0 Å². The van der Waals surface area contributed by atoms with Gasteiger partial charge in [-0.15, -0.1) is 74.4 Å². The van der Waals surface area contributed by atoms with E-state index in [0.717, 1.165) is 0 Å². The fourth-order valence-electron chi connectivity index (χ4n) is 0. The Kier molecular flexibility index (Phi) is 908. The van der Waals surface area contributed by atoms with Gasteiger partial charge in [-0.1, -0.05) is 0 Å². The van der Waals surface area contributed by atoms with Crippen LogP contribution in [0.1, 0.15) is 0 Å². The zero-order chi connectivity index (χ0) is 0. The second-order valence-electron chi connectivity index (χ2n) is 0. The van der Waals surface area contributed by atoms with E-state index in [2.05, 4.69) is 0 Å². The molecule has 0 aromatic carbocycles. The van der Waals surface area contributed by atoms with E-state index in [0.29, 0.717) is 0 Å². The van der Waals surface area contributed by atoms with Gasteiger partial charge in [0.1, 0.15) is 0 Å². The van der Waals surface area contributed by atoms with E-state index in [1.54, 1.807) is 0 Å². The van der Waals surface area contributed by atoms with Crippen molar-refractivity contribution in [1.29, 1.82) is 0 Å². The van der Waals surface area contributed by atoms with Crippen molar-refractivity contribution in [2.24, 2.45) is 0 Å². The first-order valence-corrected chi connectivity index (χ1v) is 0. The molecule has 0 aromatic heterocycles. The van der Waals surface area contributed by atoms with Gasteiger partial charge in [-0.25, -0.2) is 0 Å². The van der Waals surface area contributed by atoms with Gasteiger partial charge >= 0.3 is 148 Å². The third kappa shape index (κ3) is 80.1. The summed E-state index contributed by atoms with van der Waals surface area (Å²) in [6.07, 6.45) is 0. The molecule has 0 saturated carbocycles. The molecule has 0 aliphatic rings. The maximum atomic E-state index is 0. The normalized spacial score (nSPS) is 0. The Morgan fingerprint density at radius 3 is 0.182 bits per heavy atom. The first-order chi connectivity index (χ1) is 0. The molecule has 0 nitrogen and oxygen atoms in total. The van der Waals surface area contributed by atoms with Crippen molar-refractivity contribution in [3.63, 3.8) is 0 Å². The summed E-state index contributed by atoms with van der Waals surface area (Å²) in [4.78, 5) is 0. The van der Waals surface area contributed by atoms with E-state index in [1.807, 2.05) is 0 Å². The van der Waals surface area contributed by atoms with Crippen LogP contribution in [0.3, 0.4) is 0 Å². The molecule has 58 valence electrons. The predicted molar refractivity (Wildman–Crippen MR) is 79.2 cm³/mol. The van der Waals surface area contributed by atoms with Crippen LogP contribution >= 0.6 is 74.4 Å². The average molecular weight is 339 g/mol.